The lowest BCUT2D eigenvalue weighted by Crippen LogP contribution is -2.41. The number of Topliss-reactive ketones (excluding diaryl/α,β-unsaturated/α-hetero) is 1. The van der Waals surface area contributed by atoms with Gasteiger partial charge in [0, 0.05) is 24.1 Å². The summed E-state index contributed by atoms with van der Waals surface area (Å²) in [6.45, 7) is 1.63. The van der Waals surface area contributed by atoms with Crippen LogP contribution in [0.15, 0.2) is 23.0 Å². The van der Waals surface area contributed by atoms with Gasteiger partial charge >= 0.3 is 0 Å². The number of likely N-dealkylation sites (tertiary alicyclic amines) is 1. The summed E-state index contributed by atoms with van der Waals surface area (Å²) in [5.74, 6) is 2.14. The Hall–Kier alpha value is -3.14. The van der Waals surface area contributed by atoms with E-state index in [1.54, 1.807) is 18.5 Å². The summed E-state index contributed by atoms with van der Waals surface area (Å²) >= 11 is 0. The number of carbonyl (C=O) groups excluding carboxylic acids is 1. The van der Waals surface area contributed by atoms with Gasteiger partial charge in [0.25, 0.3) is 0 Å². The van der Waals surface area contributed by atoms with Gasteiger partial charge in [0.15, 0.2) is 5.82 Å². The summed E-state index contributed by atoms with van der Waals surface area (Å²) in [5, 5.41) is 12.9. The largest absolute Gasteiger partial charge is 0.476 e. The predicted octanol–water partition coefficient (Wildman–Crippen LogP) is 2.90. The van der Waals surface area contributed by atoms with Crippen LogP contribution in [0.3, 0.4) is 0 Å². The molecule has 0 bridgehead atoms. The first-order valence-corrected chi connectivity index (χ1v) is 12.3. The molecule has 0 N–H and O–H groups in total. The van der Waals surface area contributed by atoms with E-state index >= 15 is 0 Å². The van der Waals surface area contributed by atoms with Crippen molar-refractivity contribution in [3.05, 3.63) is 29.7 Å². The Labute approximate surface area is 197 Å². The van der Waals surface area contributed by atoms with Gasteiger partial charge < -0.3 is 14.2 Å². The van der Waals surface area contributed by atoms with Crippen molar-refractivity contribution in [1.29, 1.82) is 0 Å². The zero-order valence-corrected chi connectivity index (χ0v) is 19.4. The molecule has 0 aromatic carbocycles. The van der Waals surface area contributed by atoms with E-state index in [0.717, 1.165) is 62.7 Å². The SMILES string of the molecule is CN1CCC[C@H]1COc1cc(-n2nccn2)nc(-c2onc3c2CCC[C@@]32CCCCC2=O)n1. The van der Waals surface area contributed by atoms with E-state index in [1.165, 1.54) is 11.2 Å². The van der Waals surface area contributed by atoms with Crippen LogP contribution in [0.25, 0.3) is 17.4 Å². The molecule has 1 aliphatic heterocycles. The van der Waals surface area contributed by atoms with Gasteiger partial charge in [-0.1, -0.05) is 11.6 Å². The molecule has 0 amide bonds. The van der Waals surface area contributed by atoms with Gasteiger partial charge in [-0.25, -0.2) is 4.98 Å². The highest BCUT2D eigenvalue weighted by atomic mass is 16.5. The van der Waals surface area contributed by atoms with Gasteiger partial charge in [-0.3, -0.25) is 4.79 Å². The fraction of sp³-hybridized carbons (Fsp3) is 0.583. The summed E-state index contributed by atoms with van der Waals surface area (Å²) in [6, 6.07) is 2.10. The Morgan fingerprint density at radius 3 is 2.76 bits per heavy atom. The lowest BCUT2D eigenvalue weighted by molar-refractivity contribution is -0.127. The number of hydrogen-bond acceptors (Lipinski definition) is 9. The Balaban J connectivity index is 1.38. The molecule has 3 aliphatic rings. The minimum absolute atomic E-state index is 0.291. The third kappa shape index (κ3) is 3.60. The normalized spacial score (nSPS) is 25.1. The maximum absolute atomic E-state index is 13.0. The second kappa shape index (κ2) is 8.57. The predicted molar refractivity (Wildman–Crippen MR) is 122 cm³/mol. The number of ketones is 1. The van der Waals surface area contributed by atoms with Gasteiger partial charge in [-0.05, 0) is 58.5 Å². The zero-order valence-electron chi connectivity index (χ0n) is 19.4. The maximum Gasteiger partial charge on any atom is 0.219 e. The van der Waals surface area contributed by atoms with E-state index in [-0.39, 0.29) is 0 Å². The summed E-state index contributed by atoms with van der Waals surface area (Å²) in [6.07, 6.45) is 11.5. The van der Waals surface area contributed by atoms with Crippen LogP contribution in [0.2, 0.25) is 0 Å². The molecule has 1 saturated heterocycles. The molecule has 2 fully saturated rings. The molecular weight excluding hydrogens is 434 g/mol. The molecule has 10 nitrogen and oxygen atoms in total. The summed E-state index contributed by atoms with van der Waals surface area (Å²) < 4.78 is 12.0. The van der Waals surface area contributed by atoms with Crippen molar-refractivity contribution in [1.82, 2.24) is 35.0 Å². The number of ether oxygens (including phenoxy) is 1. The summed E-state index contributed by atoms with van der Waals surface area (Å²) in [5.41, 5.74) is 1.23. The Kier molecular flexibility index (Phi) is 5.40. The van der Waals surface area contributed by atoms with Gasteiger partial charge in [-0.2, -0.15) is 15.2 Å². The number of carbonyl (C=O) groups is 1. The van der Waals surface area contributed by atoms with E-state index in [0.29, 0.717) is 48.1 Å². The third-order valence-electron chi connectivity index (χ3n) is 7.67. The van der Waals surface area contributed by atoms with Gasteiger partial charge in [0.1, 0.15) is 18.1 Å². The van der Waals surface area contributed by atoms with Crippen molar-refractivity contribution in [3.8, 4) is 23.3 Å². The van der Waals surface area contributed by atoms with Crippen LogP contribution in [-0.4, -0.2) is 67.0 Å². The molecule has 1 saturated carbocycles. The lowest BCUT2D eigenvalue weighted by atomic mass is 9.64. The molecule has 1 spiro atoms. The van der Waals surface area contributed by atoms with Crippen molar-refractivity contribution in [2.45, 2.75) is 69.2 Å². The maximum atomic E-state index is 13.0. The smallest absolute Gasteiger partial charge is 0.219 e. The second-order valence-electron chi connectivity index (χ2n) is 9.70. The van der Waals surface area contributed by atoms with Crippen molar-refractivity contribution < 1.29 is 14.1 Å². The molecule has 178 valence electrons. The van der Waals surface area contributed by atoms with Crippen molar-refractivity contribution in [2.24, 2.45) is 0 Å². The highest BCUT2D eigenvalue weighted by Gasteiger charge is 2.48. The number of nitrogens with zero attached hydrogens (tertiary/aromatic N) is 7. The molecule has 2 atom stereocenters. The quantitative estimate of drug-likeness (QED) is 0.564. The van der Waals surface area contributed by atoms with E-state index in [9.17, 15) is 4.79 Å². The highest BCUT2D eigenvalue weighted by Crippen LogP contribution is 2.47. The van der Waals surface area contributed by atoms with E-state index in [1.807, 2.05) is 0 Å². The topological polar surface area (TPSA) is 112 Å². The van der Waals surface area contributed by atoms with Gasteiger partial charge in [0.05, 0.1) is 17.8 Å². The fourth-order valence-corrected chi connectivity index (χ4v) is 5.78. The highest BCUT2D eigenvalue weighted by molar-refractivity contribution is 5.91. The Bertz CT molecular complexity index is 1190. The number of aromatic nitrogens is 6. The van der Waals surface area contributed by atoms with E-state index in [4.69, 9.17) is 19.2 Å². The molecular formula is C24H29N7O3. The molecule has 10 heteroatoms. The fourth-order valence-electron chi connectivity index (χ4n) is 5.78. The molecule has 34 heavy (non-hydrogen) atoms. The van der Waals surface area contributed by atoms with Gasteiger partial charge in [-0.15, -0.1) is 4.80 Å². The second-order valence-corrected chi connectivity index (χ2v) is 9.70. The van der Waals surface area contributed by atoms with Crippen molar-refractivity contribution >= 4 is 5.78 Å². The molecule has 2 aliphatic carbocycles. The Morgan fingerprint density at radius 2 is 1.97 bits per heavy atom. The minimum atomic E-state index is -0.513. The van der Waals surface area contributed by atoms with Crippen LogP contribution < -0.4 is 4.74 Å². The van der Waals surface area contributed by atoms with Crippen LogP contribution >= 0.6 is 0 Å². The molecule has 3 aromatic heterocycles. The first kappa shape index (κ1) is 21.4. The number of hydrogen-bond donors (Lipinski definition) is 0. The average molecular weight is 464 g/mol. The van der Waals surface area contributed by atoms with Crippen LogP contribution in [0.4, 0.5) is 0 Å². The number of fused-ring (bicyclic) bond motifs is 2. The first-order valence-electron chi connectivity index (χ1n) is 12.3. The van der Waals surface area contributed by atoms with Gasteiger partial charge in [0.2, 0.25) is 17.5 Å². The first-order chi connectivity index (χ1) is 16.6. The molecule has 0 unspecified atom stereocenters. The van der Waals surface area contributed by atoms with Crippen LogP contribution in [0.5, 0.6) is 5.88 Å². The third-order valence-corrected chi connectivity index (χ3v) is 7.67. The van der Waals surface area contributed by atoms with Crippen LogP contribution in [0.1, 0.15) is 62.6 Å². The van der Waals surface area contributed by atoms with Crippen molar-refractivity contribution in [2.75, 3.05) is 20.2 Å². The molecule has 6 rings (SSSR count). The lowest BCUT2D eigenvalue weighted by Gasteiger charge is -2.37. The molecule has 4 heterocycles. The number of rotatable bonds is 5. The summed E-state index contributed by atoms with van der Waals surface area (Å²) in [7, 11) is 2.12. The molecule has 0 radical (unpaired) electrons. The monoisotopic (exact) mass is 463 g/mol. The van der Waals surface area contributed by atoms with Crippen LogP contribution in [-0.2, 0) is 16.6 Å². The van der Waals surface area contributed by atoms with E-state index in [2.05, 4.69) is 27.3 Å². The average Bonchev–Trinajstić information content (AvgIpc) is 3.61. The Morgan fingerprint density at radius 1 is 1.12 bits per heavy atom. The summed E-state index contributed by atoms with van der Waals surface area (Å²) in [4.78, 5) is 26.2. The standard InChI is InChI=1S/C24H29N7O3/c1-30-13-5-6-16(30)15-33-20-14-19(31-25-11-12-26-31)27-23(28-20)21-17-7-4-10-24(22(17)29-34-21)9-3-2-8-18(24)32/h11-12,14,16H,2-10,13,15H2,1H3/t16-,24+/m0/s1. The number of likely N-dealkylation sites (N-methyl/N-ethyl adjacent to an activating group) is 1. The van der Waals surface area contributed by atoms with Crippen LogP contribution in [0, 0.1) is 0 Å². The molecule has 3 aromatic rings. The zero-order chi connectivity index (χ0) is 23.1. The van der Waals surface area contributed by atoms with Crippen molar-refractivity contribution in [3.63, 3.8) is 0 Å². The minimum Gasteiger partial charge on any atom is -0.476 e. The van der Waals surface area contributed by atoms with E-state index < -0.39 is 5.41 Å².